The third-order valence-corrected chi connectivity index (χ3v) is 2.26. The molecule has 0 spiro atoms. The van der Waals surface area contributed by atoms with E-state index in [4.69, 9.17) is 5.73 Å². The number of carbonyl (C=O) groups is 1. The molecule has 1 atom stereocenters. The Kier molecular flexibility index (Phi) is 3.63. The molecule has 0 aliphatic carbocycles. The van der Waals surface area contributed by atoms with Crippen molar-refractivity contribution in [1.29, 1.82) is 0 Å². The maximum atomic E-state index is 11.6. The van der Waals surface area contributed by atoms with Crippen LogP contribution in [0, 0.1) is 0 Å². The largest absolute Gasteiger partial charge is 0.327 e. The van der Waals surface area contributed by atoms with Gasteiger partial charge in [-0.05, 0) is 24.3 Å². The van der Waals surface area contributed by atoms with E-state index in [1.807, 2.05) is 12.1 Å². The Morgan fingerprint density at radius 3 is 3.06 bits per heavy atom. The van der Waals surface area contributed by atoms with Crippen LogP contribution in [0.2, 0.25) is 0 Å². The van der Waals surface area contributed by atoms with E-state index in [9.17, 15) is 4.79 Å². The first-order chi connectivity index (χ1) is 8.65. The molecule has 0 saturated heterocycles. The summed E-state index contributed by atoms with van der Waals surface area (Å²) in [5.74, 6) is 0.369. The third kappa shape index (κ3) is 3.11. The fourth-order valence-electron chi connectivity index (χ4n) is 1.52. The second-order valence-electron chi connectivity index (χ2n) is 4.05. The lowest BCUT2D eigenvalue weighted by atomic mass is 10.2. The van der Waals surface area contributed by atoms with E-state index in [2.05, 4.69) is 25.9 Å². The van der Waals surface area contributed by atoms with Crippen LogP contribution in [0.4, 0.5) is 5.69 Å². The average molecular weight is 246 g/mol. The zero-order chi connectivity index (χ0) is 13.0. The number of hydrogen-bond donors (Lipinski definition) is 3. The van der Waals surface area contributed by atoms with Gasteiger partial charge in [0, 0.05) is 23.7 Å². The number of aromatic amines is 1. The first kappa shape index (κ1) is 12.2. The van der Waals surface area contributed by atoms with Crippen LogP contribution in [0.25, 0.3) is 11.4 Å². The fourth-order valence-corrected chi connectivity index (χ4v) is 1.52. The van der Waals surface area contributed by atoms with Gasteiger partial charge in [-0.2, -0.15) is 5.21 Å². The second kappa shape index (κ2) is 5.37. The van der Waals surface area contributed by atoms with Crippen molar-refractivity contribution in [3.63, 3.8) is 0 Å². The molecule has 7 heteroatoms. The van der Waals surface area contributed by atoms with Gasteiger partial charge in [-0.3, -0.25) is 4.79 Å². The number of carbonyl (C=O) groups excluding carboxylic acids is 1. The van der Waals surface area contributed by atoms with Crippen LogP contribution in [-0.2, 0) is 4.79 Å². The third-order valence-electron chi connectivity index (χ3n) is 2.26. The van der Waals surface area contributed by atoms with E-state index in [-0.39, 0.29) is 18.4 Å². The van der Waals surface area contributed by atoms with Crippen LogP contribution in [0.3, 0.4) is 0 Å². The average Bonchev–Trinajstić information content (AvgIpc) is 2.81. The molecule has 4 N–H and O–H groups in total. The van der Waals surface area contributed by atoms with E-state index in [0.29, 0.717) is 11.5 Å². The second-order valence-corrected chi connectivity index (χ2v) is 4.05. The van der Waals surface area contributed by atoms with Crippen LogP contribution < -0.4 is 11.1 Å². The number of benzene rings is 1. The van der Waals surface area contributed by atoms with Gasteiger partial charge in [-0.1, -0.05) is 12.1 Å². The number of nitrogens with zero attached hydrogens (tertiary/aromatic N) is 3. The molecule has 0 aliphatic rings. The lowest BCUT2D eigenvalue weighted by Gasteiger charge is -2.07. The molecule has 1 unspecified atom stereocenters. The Morgan fingerprint density at radius 2 is 2.39 bits per heavy atom. The highest BCUT2D eigenvalue weighted by atomic mass is 16.1. The van der Waals surface area contributed by atoms with Crippen molar-refractivity contribution in [2.45, 2.75) is 19.4 Å². The standard InChI is InChI=1S/C11H14N6O/c1-7(12)5-10(18)13-9-4-2-3-8(6-9)11-14-16-17-15-11/h2-4,6-7H,5,12H2,1H3,(H,13,18)(H,14,15,16,17). The monoisotopic (exact) mass is 246 g/mol. The zero-order valence-corrected chi connectivity index (χ0v) is 9.92. The summed E-state index contributed by atoms with van der Waals surface area (Å²) in [6, 6.07) is 7.07. The highest BCUT2D eigenvalue weighted by Crippen LogP contribution is 2.18. The van der Waals surface area contributed by atoms with Crippen molar-refractivity contribution in [3.8, 4) is 11.4 Å². The predicted molar refractivity (Wildman–Crippen MR) is 66.5 cm³/mol. The Balaban J connectivity index is 2.11. The highest BCUT2D eigenvalue weighted by Gasteiger charge is 2.07. The van der Waals surface area contributed by atoms with Crippen molar-refractivity contribution < 1.29 is 4.79 Å². The zero-order valence-electron chi connectivity index (χ0n) is 9.92. The number of aromatic nitrogens is 4. The van der Waals surface area contributed by atoms with Crippen LogP contribution in [-0.4, -0.2) is 32.6 Å². The van der Waals surface area contributed by atoms with Gasteiger partial charge in [0.25, 0.3) is 0 Å². The van der Waals surface area contributed by atoms with Gasteiger partial charge >= 0.3 is 0 Å². The quantitative estimate of drug-likeness (QED) is 0.729. The van der Waals surface area contributed by atoms with Crippen LogP contribution in [0.5, 0.6) is 0 Å². The number of H-pyrrole nitrogens is 1. The first-order valence-electron chi connectivity index (χ1n) is 5.54. The molecule has 0 bridgehead atoms. The van der Waals surface area contributed by atoms with Crippen LogP contribution in [0.1, 0.15) is 13.3 Å². The van der Waals surface area contributed by atoms with Crippen LogP contribution >= 0.6 is 0 Å². The molecule has 0 fully saturated rings. The smallest absolute Gasteiger partial charge is 0.225 e. The number of nitrogens with one attached hydrogen (secondary N) is 2. The van der Waals surface area contributed by atoms with Crippen molar-refractivity contribution in [2.75, 3.05) is 5.32 Å². The number of rotatable bonds is 4. The molecule has 18 heavy (non-hydrogen) atoms. The van der Waals surface area contributed by atoms with E-state index in [1.54, 1.807) is 19.1 Å². The molecule has 2 rings (SSSR count). The van der Waals surface area contributed by atoms with E-state index >= 15 is 0 Å². The molecule has 2 aromatic rings. The molecule has 1 aromatic heterocycles. The molecule has 0 aliphatic heterocycles. The molecule has 0 radical (unpaired) electrons. The predicted octanol–water partition coefficient (Wildman–Crippen LogP) is 0.542. The molecular weight excluding hydrogens is 232 g/mol. The normalized spacial score (nSPS) is 12.1. The summed E-state index contributed by atoms with van der Waals surface area (Å²) in [4.78, 5) is 11.6. The van der Waals surface area contributed by atoms with Crippen molar-refractivity contribution in [1.82, 2.24) is 20.6 Å². The van der Waals surface area contributed by atoms with E-state index < -0.39 is 0 Å². The summed E-state index contributed by atoms with van der Waals surface area (Å²) < 4.78 is 0. The summed E-state index contributed by atoms with van der Waals surface area (Å²) in [6.07, 6.45) is 0.284. The Labute approximate surface area is 104 Å². The van der Waals surface area contributed by atoms with Gasteiger partial charge < -0.3 is 11.1 Å². The van der Waals surface area contributed by atoms with E-state index in [1.165, 1.54) is 0 Å². The fraction of sp³-hybridized carbons (Fsp3) is 0.273. The molecule has 0 saturated carbocycles. The van der Waals surface area contributed by atoms with Crippen molar-refractivity contribution in [3.05, 3.63) is 24.3 Å². The molecular formula is C11H14N6O. The Hall–Kier alpha value is -2.28. The molecule has 94 valence electrons. The number of anilines is 1. The Bertz CT molecular complexity index is 522. The minimum Gasteiger partial charge on any atom is -0.327 e. The minimum atomic E-state index is -0.162. The summed E-state index contributed by atoms with van der Waals surface area (Å²) in [5, 5.41) is 16.4. The molecule has 7 nitrogen and oxygen atoms in total. The van der Waals surface area contributed by atoms with Crippen LogP contribution in [0.15, 0.2) is 24.3 Å². The maximum absolute atomic E-state index is 11.6. The number of tetrazole rings is 1. The lowest BCUT2D eigenvalue weighted by Crippen LogP contribution is -2.23. The molecule has 1 heterocycles. The number of amides is 1. The van der Waals surface area contributed by atoms with Gasteiger partial charge in [-0.25, -0.2) is 0 Å². The van der Waals surface area contributed by atoms with Gasteiger partial charge in [-0.15, -0.1) is 10.2 Å². The van der Waals surface area contributed by atoms with Crippen molar-refractivity contribution in [2.24, 2.45) is 5.73 Å². The van der Waals surface area contributed by atoms with Gasteiger partial charge in [0.1, 0.15) is 0 Å². The van der Waals surface area contributed by atoms with Gasteiger partial charge in [0.2, 0.25) is 11.7 Å². The number of nitrogens with two attached hydrogens (primary N) is 1. The lowest BCUT2D eigenvalue weighted by molar-refractivity contribution is -0.116. The van der Waals surface area contributed by atoms with Crippen molar-refractivity contribution >= 4 is 11.6 Å². The summed E-state index contributed by atoms with van der Waals surface area (Å²) in [7, 11) is 0. The summed E-state index contributed by atoms with van der Waals surface area (Å²) >= 11 is 0. The summed E-state index contributed by atoms with van der Waals surface area (Å²) in [6.45, 7) is 1.79. The molecule has 1 amide bonds. The highest BCUT2D eigenvalue weighted by molar-refractivity contribution is 5.91. The Morgan fingerprint density at radius 1 is 1.56 bits per heavy atom. The molecule has 1 aromatic carbocycles. The SMILES string of the molecule is CC(N)CC(=O)Nc1cccc(-c2nn[nH]n2)c1. The maximum Gasteiger partial charge on any atom is 0.225 e. The topological polar surface area (TPSA) is 110 Å². The first-order valence-corrected chi connectivity index (χ1v) is 5.54. The summed E-state index contributed by atoms with van der Waals surface area (Å²) in [5.41, 5.74) is 7.02. The van der Waals surface area contributed by atoms with Gasteiger partial charge in [0.15, 0.2) is 0 Å². The van der Waals surface area contributed by atoms with Gasteiger partial charge in [0.05, 0.1) is 0 Å². The minimum absolute atomic E-state index is 0.115. The van der Waals surface area contributed by atoms with E-state index in [0.717, 1.165) is 5.56 Å². The number of hydrogen-bond acceptors (Lipinski definition) is 5.